The van der Waals surface area contributed by atoms with Gasteiger partial charge in [0, 0.05) is 22.2 Å². The summed E-state index contributed by atoms with van der Waals surface area (Å²) in [5, 5.41) is 14.1. The van der Waals surface area contributed by atoms with Gasteiger partial charge in [-0.15, -0.1) is 0 Å². The zero-order chi connectivity index (χ0) is 29.3. The van der Waals surface area contributed by atoms with Gasteiger partial charge in [0.15, 0.2) is 0 Å². The van der Waals surface area contributed by atoms with Gasteiger partial charge in [0.05, 0.1) is 0 Å². The molecule has 3 nitrogen and oxygen atoms in total. The van der Waals surface area contributed by atoms with Gasteiger partial charge in [-0.3, -0.25) is 4.90 Å². The first-order valence-electron chi connectivity index (χ1n) is 20.0. The Kier molecular flexibility index (Phi) is 7.71. The molecule has 0 radical (unpaired) electrons. The van der Waals surface area contributed by atoms with Crippen molar-refractivity contribution in [2.24, 2.45) is 16.2 Å². The first kappa shape index (κ1) is 30.2. The molecule has 3 heteroatoms. The Morgan fingerprint density at radius 3 is 0.907 bits per heavy atom. The van der Waals surface area contributed by atoms with E-state index in [1.54, 1.807) is 25.7 Å². The molecule has 7 spiro atoms. The largest absolute Gasteiger partial charge is 0.313 e. The second-order valence-electron chi connectivity index (χ2n) is 19.2. The summed E-state index contributed by atoms with van der Waals surface area (Å²) in [6.45, 7) is 0. The van der Waals surface area contributed by atoms with Crippen LogP contribution in [0.15, 0.2) is 0 Å². The van der Waals surface area contributed by atoms with Crippen LogP contribution in [0.1, 0.15) is 205 Å². The van der Waals surface area contributed by atoms with E-state index in [1.807, 2.05) is 0 Å². The molecule has 8 aliphatic rings. The third kappa shape index (κ3) is 4.96. The monoisotopic (exact) mass is 593 g/mol. The van der Waals surface area contributed by atoms with Crippen molar-refractivity contribution >= 4 is 0 Å². The van der Waals surface area contributed by atoms with Crippen molar-refractivity contribution in [1.82, 2.24) is 9.96 Å². The Bertz CT molecular complexity index is 832. The van der Waals surface area contributed by atoms with Crippen molar-refractivity contribution in [2.75, 3.05) is 7.05 Å². The Balaban J connectivity index is 1.00. The average molecular weight is 593 g/mol. The summed E-state index contributed by atoms with van der Waals surface area (Å²) < 4.78 is 0. The minimum Gasteiger partial charge on any atom is -0.313 e. The van der Waals surface area contributed by atoms with Gasteiger partial charge in [0.25, 0.3) is 0 Å². The minimum absolute atomic E-state index is 0.103. The van der Waals surface area contributed by atoms with E-state index < -0.39 is 0 Å². The quantitative estimate of drug-likeness (QED) is 0.303. The molecule has 0 aromatic heterocycles. The third-order valence-electron chi connectivity index (χ3n) is 17.0. The smallest absolute Gasteiger partial charge is 0.0472 e. The molecule has 2 heterocycles. The van der Waals surface area contributed by atoms with Gasteiger partial charge in [-0.05, 0) is 152 Å². The molecule has 0 atom stereocenters. The second kappa shape index (κ2) is 11.0. The molecule has 0 bridgehead atoms. The highest BCUT2D eigenvalue weighted by molar-refractivity contribution is 5.16. The van der Waals surface area contributed by atoms with Crippen molar-refractivity contribution in [1.29, 1.82) is 0 Å². The molecule has 244 valence electrons. The zero-order valence-corrected chi connectivity index (χ0v) is 28.5. The standard InChI is InChI=1S/C40H68N2O/c1-41-37(14-6-2-7-15-37)30-35(31-38(41)16-8-3-9-17-38)26-22-34(23-27-35)24-28-36(29-25-34)32-39(18-10-4-11-19-39)42(43)40(33-36)20-12-5-13-21-40/h43H,2-33H2,1H3. The fourth-order valence-electron chi connectivity index (χ4n) is 14.8. The molecular weight excluding hydrogens is 524 g/mol. The highest BCUT2D eigenvalue weighted by Gasteiger charge is 2.62. The molecule has 6 saturated carbocycles. The molecular formula is C40H68N2O. The highest BCUT2D eigenvalue weighted by atomic mass is 16.5. The predicted octanol–water partition coefficient (Wildman–Crippen LogP) is 11.1. The molecule has 6 aliphatic carbocycles. The molecule has 0 unspecified atom stereocenters. The summed E-state index contributed by atoms with van der Waals surface area (Å²) in [7, 11) is 2.60. The van der Waals surface area contributed by atoms with Crippen LogP contribution in [0.2, 0.25) is 0 Å². The average Bonchev–Trinajstić information content (AvgIpc) is 3.04. The summed E-state index contributed by atoms with van der Waals surface area (Å²) in [6.07, 6.45) is 45.9. The van der Waals surface area contributed by atoms with Crippen LogP contribution in [0.25, 0.3) is 0 Å². The Morgan fingerprint density at radius 1 is 0.326 bits per heavy atom. The van der Waals surface area contributed by atoms with Crippen LogP contribution < -0.4 is 0 Å². The molecule has 0 aromatic rings. The van der Waals surface area contributed by atoms with Gasteiger partial charge in [-0.2, -0.15) is 5.06 Å². The fraction of sp³-hybridized carbons (Fsp3) is 1.00. The van der Waals surface area contributed by atoms with Crippen molar-refractivity contribution in [3.8, 4) is 0 Å². The van der Waals surface area contributed by atoms with Gasteiger partial charge in [0.1, 0.15) is 0 Å². The molecule has 0 aromatic carbocycles. The summed E-state index contributed by atoms with van der Waals surface area (Å²) in [5.74, 6) is 0. The second-order valence-corrected chi connectivity index (χ2v) is 19.2. The van der Waals surface area contributed by atoms with Crippen LogP contribution >= 0.6 is 0 Å². The van der Waals surface area contributed by atoms with E-state index in [0.29, 0.717) is 27.3 Å². The van der Waals surface area contributed by atoms with E-state index in [4.69, 9.17) is 0 Å². The van der Waals surface area contributed by atoms with Crippen molar-refractivity contribution in [3.63, 3.8) is 0 Å². The lowest BCUT2D eigenvalue weighted by molar-refractivity contribution is -0.302. The Hall–Kier alpha value is -0.120. The zero-order valence-electron chi connectivity index (χ0n) is 28.5. The number of piperidine rings is 2. The van der Waals surface area contributed by atoms with Crippen LogP contribution in [-0.2, 0) is 0 Å². The minimum atomic E-state index is 0.103. The van der Waals surface area contributed by atoms with Gasteiger partial charge >= 0.3 is 0 Å². The predicted molar refractivity (Wildman–Crippen MR) is 177 cm³/mol. The van der Waals surface area contributed by atoms with E-state index in [2.05, 4.69) is 17.0 Å². The van der Waals surface area contributed by atoms with Gasteiger partial charge < -0.3 is 5.21 Å². The maximum atomic E-state index is 12.0. The van der Waals surface area contributed by atoms with E-state index in [0.717, 1.165) is 0 Å². The molecule has 1 N–H and O–H groups in total. The number of hydrogen-bond acceptors (Lipinski definition) is 3. The van der Waals surface area contributed by atoms with E-state index in [9.17, 15) is 5.21 Å². The van der Waals surface area contributed by atoms with Crippen LogP contribution in [0, 0.1) is 16.2 Å². The number of hydroxylamine groups is 2. The van der Waals surface area contributed by atoms with E-state index >= 15 is 0 Å². The van der Waals surface area contributed by atoms with Crippen molar-refractivity contribution < 1.29 is 5.21 Å². The van der Waals surface area contributed by atoms with Crippen LogP contribution in [0.3, 0.4) is 0 Å². The lowest BCUT2D eigenvalue weighted by atomic mass is 9.46. The SMILES string of the molecule is CN1C2(CCCCC2)CC2(CCC3(CC2)CCC2(CC3)CC3(CCCCC3)N(O)C3(CCCCC3)C2)CC12CCCCC2. The summed E-state index contributed by atoms with van der Waals surface area (Å²) in [5.41, 5.74) is 3.06. The Labute approximate surface area is 265 Å². The highest BCUT2D eigenvalue weighted by Crippen LogP contribution is 2.67. The topological polar surface area (TPSA) is 26.7 Å². The molecule has 8 rings (SSSR count). The maximum Gasteiger partial charge on any atom is 0.0472 e. The number of likely N-dealkylation sites (tertiary alicyclic amines) is 1. The van der Waals surface area contributed by atoms with Gasteiger partial charge in [-0.1, -0.05) is 77.0 Å². The molecule has 0 amide bonds. The fourth-order valence-corrected chi connectivity index (χ4v) is 14.8. The van der Waals surface area contributed by atoms with Gasteiger partial charge in [-0.25, -0.2) is 0 Å². The van der Waals surface area contributed by atoms with E-state index in [1.165, 1.54) is 180 Å². The maximum absolute atomic E-state index is 12.0. The first-order chi connectivity index (χ1) is 20.8. The number of rotatable bonds is 0. The lowest BCUT2D eigenvalue weighted by Gasteiger charge is -2.67. The van der Waals surface area contributed by atoms with Crippen molar-refractivity contribution in [3.05, 3.63) is 0 Å². The summed E-state index contributed by atoms with van der Waals surface area (Å²) in [4.78, 5) is 3.06. The van der Waals surface area contributed by atoms with Crippen molar-refractivity contribution in [2.45, 2.75) is 228 Å². The molecule has 2 aliphatic heterocycles. The Morgan fingerprint density at radius 2 is 0.581 bits per heavy atom. The van der Waals surface area contributed by atoms with Crippen LogP contribution in [0.4, 0.5) is 0 Å². The number of nitrogens with zero attached hydrogens (tertiary/aromatic N) is 2. The first-order valence-corrected chi connectivity index (χ1v) is 20.0. The molecule has 43 heavy (non-hydrogen) atoms. The third-order valence-corrected chi connectivity index (χ3v) is 17.0. The van der Waals surface area contributed by atoms with E-state index in [-0.39, 0.29) is 11.1 Å². The van der Waals surface area contributed by atoms with Crippen LogP contribution in [0.5, 0.6) is 0 Å². The van der Waals surface area contributed by atoms with Gasteiger partial charge in [0.2, 0.25) is 0 Å². The summed E-state index contributed by atoms with van der Waals surface area (Å²) >= 11 is 0. The summed E-state index contributed by atoms with van der Waals surface area (Å²) in [6, 6.07) is 0. The van der Waals surface area contributed by atoms with Crippen LogP contribution in [-0.4, -0.2) is 44.4 Å². The lowest BCUT2D eigenvalue weighted by Crippen LogP contribution is -2.68. The number of hydrogen-bond donors (Lipinski definition) is 1. The molecule has 8 fully saturated rings. The normalized spacial score (nSPS) is 42.8. The molecule has 2 saturated heterocycles.